The van der Waals surface area contributed by atoms with E-state index in [0.29, 0.717) is 0 Å². The number of benzene rings is 1. The molecule has 1 aliphatic rings. The maximum atomic E-state index is 13.3. The number of aliphatic carboxylic acids is 1. The molecule has 1 aliphatic carbocycles. The number of carboxylic acids is 1. The Morgan fingerprint density at radius 1 is 0.966 bits per heavy atom. The first-order valence-electron chi connectivity index (χ1n) is 9.19. The number of rotatable bonds is 8. The standard InChI is InChI=1S/C19H23F2N3O5/c20-13-7-6-11(8-14(13)21)9-22-17(27)16(18(28)23-10-15(25)26)19(29)24-12-4-2-1-3-5-12/h6-8,12,22,27H,1-5,9-10H2,(H,23,28)(H,24,29)(H,25,26). The van der Waals surface area contributed by atoms with E-state index in [9.17, 15) is 28.3 Å². The van der Waals surface area contributed by atoms with Crippen molar-refractivity contribution in [3.8, 4) is 0 Å². The first-order chi connectivity index (χ1) is 13.8. The van der Waals surface area contributed by atoms with Gasteiger partial charge in [0.2, 0.25) is 5.88 Å². The normalized spacial score (nSPS) is 15.2. The summed E-state index contributed by atoms with van der Waals surface area (Å²) in [5.41, 5.74) is -0.423. The Morgan fingerprint density at radius 2 is 1.66 bits per heavy atom. The highest BCUT2D eigenvalue weighted by Gasteiger charge is 2.27. The Morgan fingerprint density at radius 3 is 2.28 bits per heavy atom. The number of aliphatic hydroxyl groups is 1. The van der Waals surface area contributed by atoms with Gasteiger partial charge in [-0.05, 0) is 30.5 Å². The second kappa shape index (κ2) is 10.4. The van der Waals surface area contributed by atoms with Gasteiger partial charge in [-0.2, -0.15) is 0 Å². The Bertz CT molecular complexity index is 807. The smallest absolute Gasteiger partial charge is 0.322 e. The minimum Gasteiger partial charge on any atom is -0.494 e. The van der Waals surface area contributed by atoms with E-state index in [-0.39, 0.29) is 18.2 Å². The van der Waals surface area contributed by atoms with Gasteiger partial charge in [-0.3, -0.25) is 14.4 Å². The van der Waals surface area contributed by atoms with E-state index in [0.717, 1.165) is 44.2 Å². The number of halogens is 2. The number of carbonyl (C=O) groups is 3. The van der Waals surface area contributed by atoms with Gasteiger partial charge in [0.1, 0.15) is 6.54 Å². The summed E-state index contributed by atoms with van der Waals surface area (Å²) in [7, 11) is 0. The van der Waals surface area contributed by atoms with Crippen molar-refractivity contribution in [2.75, 3.05) is 6.54 Å². The summed E-state index contributed by atoms with van der Waals surface area (Å²) in [5.74, 6) is -6.16. The van der Waals surface area contributed by atoms with Crippen LogP contribution in [0.4, 0.5) is 8.78 Å². The predicted molar refractivity (Wildman–Crippen MR) is 98.5 cm³/mol. The van der Waals surface area contributed by atoms with Crippen LogP contribution in [0.3, 0.4) is 0 Å². The van der Waals surface area contributed by atoms with E-state index in [1.165, 1.54) is 6.07 Å². The van der Waals surface area contributed by atoms with Crippen molar-refractivity contribution in [3.63, 3.8) is 0 Å². The molecule has 10 heteroatoms. The van der Waals surface area contributed by atoms with Crippen molar-refractivity contribution in [1.82, 2.24) is 16.0 Å². The van der Waals surface area contributed by atoms with Crippen LogP contribution in [0.2, 0.25) is 0 Å². The SMILES string of the molecule is O=C(O)CNC(=O)C(C(=O)NC1CCCCC1)=C(O)NCc1ccc(F)c(F)c1. The fraction of sp³-hybridized carbons (Fsp3) is 0.421. The Hall–Kier alpha value is -3.17. The maximum Gasteiger partial charge on any atom is 0.322 e. The minimum atomic E-state index is -1.32. The van der Waals surface area contributed by atoms with Crippen LogP contribution < -0.4 is 16.0 Å². The fourth-order valence-electron chi connectivity index (χ4n) is 2.99. The lowest BCUT2D eigenvalue weighted by Gasteiger charge is -2.23. The van der Waals surface area contributed by atoms with Gasteiger partial charge in [0.15, 0.2) is 17.2 Å². The summed E-state index contributed by atoms with van der Waals surface area (Å²) in [6.07, 6.45) is 4.37. The summed E-state index contributed by atoms with van der Waals surface area (Å²) in [4.78, 5) is 35.5. The molecule has 1 saturated carbocycles. The van der Waals surface area contributed by atoms with Gasteiger partial charge >= 0.3 is 5.97 Å². The van der Waals surface area contributed by atoms with Gasteiger partial charge < -0.3 is 26.2 Å². The second-order valence-corrected chi connectivity index (χ2v) is 6.71. The van der Waals surface area contributed by atoms with Crippen LogP contribution in [0, 0.1) is 11.6 Å². The maximum absolute atomic E-state index is 13.3. The molecule has 0 bridgehead atoms. The van der Waals surface area contributed by atoms with Crippen LogP contribution in [-0.4, -0.2) is 40.6 Å². The average Bonchev–Trinajstić information content (AvgIpc) is 2.68. The lowest BCUT2D eigenvalue weighted by Crippen LogP contribution is -2.43. The summed E-state index contributed by atoms with van der Waals surface area (Å²) >= 11 is 0. The van der Waals surface area contributed by atoms with Gasteiger partial charge in [0, 0.05) is 12.6 Å². The Balaban J connectivity index is 2.15. The highest BCUT2D eigenvalue weighted by atomic mass is 19.2. The zero-order valence-corrected chi connectivity index (χ0v) is 15.6. The molecule has 158 valence electrons. The molecule has 0 aromatic heterocycles. The van der Waals surface area contributed by atoms with Gasteiger partial charge in [0.05, 0.1) is 0 Å². The van der Waals surface area contributed by atoms with Crippen LogP contribution in [0.1, 0.15) is 37.7 Å². The molecule has 1 aromatic carbocycles. The van der Waals surface area contributed by atoms with Crippen LogP contribution >= 0.6 is 0 Å². The number of aliphatic hydroxyl groups excluding tert-OH is 1. The van der Waals surface area contributed by atoms with Crippen LogP contribution in [-0.2, 0) is 20.9 Å². The lowest BCUT2D eigenvalue weighted by molar-refractivity contribution is -0.138. The third kappa shape index (κ3) is 6.74. The predicted octanol–water partition coefficient (Wildman–Crippen LogP) is 1.47. The minimum absolute atomic E-state index is 0.155. The molecule has 8 nitrogen and oxygen atoms in total. The van der Waals surface area contributed by atoms with Gasteiger partial charge in [0.25, 0.3) is 11.8 Å². The average molecular weight is 411 g/mol. The molecule has 0 spiro atoms. The van der Waals surface area contributed by atoms with Crippen molar-refractivity contribution in [2.24, 2.45) is 0 Å². The monoisotopic (exact) mass is 411 g/mol. The van der Waals surface area contributed by atoms with Crippen molar-refractivity contribution in [2.45, 2.75) is 44.7 Å². The van der Waals surface area contributed by atoms with Crippen LogP contribution in [0.5, 0.6) is 0 Å². The third-order valence-electron chi connectivity index (χ3n) is 4.48. The lowest BCUT2D eigenvalue weighted by atomic mass is 9.95. The van der Waals surface area contributed by atoms with Crippen molar-refractivity contribution in [1.29, 1.82) is 0 Å². The molecule has 5 N–H and O–H groups in total. The second-order valence-electron chi connectivity index (χ2n) is 6.71. The highest BCUT2D eigenvalue weighted by molar-refractivity contribution is 6.19. The molecule has 1 aromatic rings. The van der Waals surface area contributed by atoms with E-state index >= 15 is 0 Å². The molecule has 1 fully saturated rings. The summed E-state index contributed by atoms with van der Waals surface area (Å²) < 4.78 is 26.3. The fourth-order valence-corrected chi connectivity index (χ4v) is 2.99. The molecule has 2 rings (SSSR count). The molecule has 0 saturated heterocycles. The molecule has 0 heterocycles. The number of hydrogen-bond donors (Lipinski definition) is 5. The molecule has 29 heavy (non-hydrogen) atoms. The number of nitrogens with one attached hydrogen (secondary N) is 3. The van der Waals surface area contributed by atoms with Crippen LogP contribution in [0.25, 0.3) is 0 Å². The Kier molecular flexibility index (Phi) is 7.93. The van der Waals surface area contributed by atoms with Crippen molar-refractivity contribution < 1.29 is 33.4 Å². The summed E-state index contributed by atoms with van der Waals surface area (Å²) in [6, 6.07) is 2.92. The summed E-state index contributed by atoms with van der Waals surface area (Å²) in [6.45, 7) is -0.940. The number of hydrogen-bond acceptors (Lipinski definition) is 5. The highest BCUT2D eigenvalue weighted by Crippen LogP contribution is 2.18. The molecular formula is C19H23F2N3O5. The number of carboxylic acid groups (broad SMARTS) is 1. The quantitative estimate of drug-likeness (QED) is 0.191. The number of carbonyl (C=O) groups excluding carboxylic acids is 2. The van der Waals surface area contributed by atoms with E-state index in [1.54, 1.807) is 0 Å². The molecule has 0 radical (unpaired) electrons. The Labute approximate surface area is 166 Å². The van der Waals surface area contributed by atoms with E-state index in [1.807, 2.05) is 5.32 Å². The van der Waals surface area contributed by atoms with Crippen molar-refractivity contribution >= 4 is 17.8 Å². The van der Waals surface area contributed by atoms with E-state index in [4.69, 9.17) is 5.11 Å². The van der Waals surface area contributed by atoms with Gasteiger partial charge in [-0.1, -0.05) is 25.3 Å². The molecule has 0 unspecified atom stereocenters. The number of amides is 2. The zero-order chi connectivity index (χ0) is 21.4. The van der Waals surface area contributed by atoms with Gasteiger partial charge in [-0.25, -0.2) is 8.78 Å². The first kappa shape index (κ1) is 22.1. The molecule has 0 aliphatic heterocycles. The third-order valence-corrected chi connectivity index (χ3v) is 4.48. The van der Waals surface area contributed by atoms with Crippen molar-refractivity contribution in [3.05, 3.63) is 46.9 Å². The largest absolute Gasteiger partial charge is 0.494 e. The molecule has 2 amide bonds. The molecular weight excluding hydrogens is 388 g/mol. The molecule has 0 atom stereocenters. The summed E-state index contributed by atoms with van der Waals surface area (Å²) in [5, 5.41) is 26.1. The zero-order valence-electron chi connectivity index (χ0n) is 15.6. The van der Waals surface area contributed by atoms with E-state index < -0.39 is 47.4 Å². The van der Waals surface area contributed by atoms with E-state index in [2.05, 4.69) is 10.6 Å². The van der Waals surface area contributed by atoms with Gasteiger partial charge in [-0.15, -0.1) is 0 Å². The van der Waals surface area contributed by atoms with Crippen LogP contribution in [0.15, 0.2) is 29.7 Å². The first-order valence-corrected chi connectivity index (χ1v) is 9.19. The topological polar surface area (TPSA) is 128 Å².